The van der Waals surface area contributed by atoms with E-state index < -0.39 is 0 Å². The number of carbonyl (C=O) groups is 1. The van der Waals surface area contributed by atoms with Crippen LogP contribution in [0.5, 0.6) is 0 Å². The minimum absolute atomic E-state index is 0.0179. The van der Waals surface area contributed by atoms with Gasteiger partial charge in [-0.2, -0.15) is 0 Å². The number of fused-ring (bicyclic) bond motifs is 4. The van der Waals surface area contributed by atoms with E-state index in [4.69, 9.17) is 4.98 Å². The third-order valence-corrected chi connectivity index (χ3v) is 9.14. The van der Waals surface area contributed by atoms with E-state index in [1.165, 1.54) is 28.6 Å². The van der Waals surface area contributed by atoms with Gasteiger partial charge in [-0.1, -0.05) is 55.1 Å². The molecular formula is C28H31N3O2S2. The van der Waals surface area contributed by atoms with Gasteiger partial charge in [-0.15, -0.1) is 11.3 Å². The fourth-order valence-corrected chi connectivity index (χ4v) is 7.28. The molecule has 5 nitrogen and oxygen atoms in total. The summed E-state index contributed by atoms with van der Waals surface area (Å²) in [6, 6.07) is 14.2. The maximum absolute atomic E-state index is 13.7. The van der Waals surface area contributed by atoms with Crippen LogP contribution in [0.2, 0.25) is 0 Å². The van der Waals surface area contributed by atoms with Crippen LogP contribution in [-0.2, 0) is 17.6 Å². The van der Waals surface area contributed by atoms with Crippen molar-refractivity contribution in [1.29, 1.82) is 0 Å². The van der Waals surface area contributed by atoms with Crippen molar-refractivity contribution >= 4 is 55.7 Å². The molecule has 4 aromatic rings. The predicted molar refractivity (Wildman–Crippen MR) is 148 cm³/mol. The largest absolute Gasteiger partial charge is 0.311 e. The molecule has 35 heavy (non-hydrogen) atoms. The summed E-state index contributed by atoms with van der Waals surface area (Å²) >= 11 is 3.05. The van der Waals surface area contributed by atoms with Crippen LogP contribution in [0.4, 0.5) is 5.69 Å². The fourth-order valence-electron chi connectivity index (χ4n) is 5.00. The topological polar surface area (TPSA) is 55.2 Å². The van der Waals surface area contributed by atoms with Crippen LogP contribution in [0.15, 0.2) is 52.4 Å². The number of benzene rings is 2. The van der Waals surface area contributed by atoms with Gasteiger partial charge in [-0.25, -0.2) is 4.98 Å². The Morgan fingerprint density at radius 3 is 2.71 bits per heavy atom. The molecule has 0 bridgehead atoms. The van der Waals surface area contributed by atoms with Crippen molar-refractivity contribution in [1.82, 2.24) is 9.55 Å². The van der Waals surface area contributed by atoms with E-state index >= 15 is 0 Å². The molecule has 1 aliphatic carbocycles. The van der Waals surface area contributed by atoms with Crippen LogP contribution in [0.25, 0.3) is 21.0 Å². The highest BCUT2D eigenvalue weighted by Gasteiger charge is 2.25. The van der Waals surface area contributed by atoms with Crippen molar-refractivity contribution in [2.45, 2.75) is 64.1 Å². The molecule has 1 atom stereocenters. The second-order valence-electron chi connectivity index (χ2n) is 9.14. The second-order valence-corrected chi connectivity index (χ2v) is 11.2. The summed E-state index contributed by atoms with van der Waals surface area (Å²) in [7, 11) is 0. The molecule has 2 heterocycles. The number of rotatable bonds is 7. The lowest BCUT2D eigenvalue weighted by atomic mass is 9.97. The number of aryl methyl sites for hydroxylation is 2. The lowest BCUT2D eigenvalue weighted by Gasteiger charge is -2.23. The van der Waals surface area contributed by atoms with Crippen molar-refractivity contribution in [3.05, 3.63) is 63.3 Å². The molecule has 0 radical (unpaired) electrons. The van der Waals surface area contributed by atoms with Gasteiger partial charge >= 0.3 is 0 Å². The molecule has 0 saturated heterocycles. The Balaban J connectivity index is 1.49. The molecule has 1 aliphatic rings. The van der Waals surface area contributed by atoms with Crippen molar-refractivity contribution in [2.75, 3.05) is 17.2 Å². The number of nitrogens with zero attached hydrogens (tertiary/aromatic N) is 3. The van der Waals surface area contributed by atoms with E-state index in [1.807, 2.05) is 40.7 Å². The summed E-state index contributed by atoms with van der Waals surface area (Å²) in [6.07, 6.45) is 5.15. The van der Waals surface area contributed by atoms with E-state index in [9.17, 15) is 9.59 Å². The standard InChI is InChI=1S/C28H31N3O2S2/c1-4-18(3)31-27(33)25-21-14-8-9-16-23(21)35-26(25)29-28(31)34-17-24(32)30(5-2)22-15-10-12-19-11-6-7-13-20(19)22/h6-7,10-13,15,18H,4-5,8-9,14,16-17H2,1-3H3/t18-/m1/s1. The molecule has 0 unspecified atom stereocenters. The minimum Gasteiger partial charge on any atom is -0.311 e. The van der Waals surface area contributed by atoms with Gasteiger partial charge in [0.15, 0.2) is 5.16 Å². The number of thiophene rings is 1. The Hall–Kier alpha value is -2.64. The normalized spacial score (nSPS) is 14.3. The number of amides is 1. The Morgan fingerprint density at radius 1 is 1.14 bits per heavy atom. The van der Waals surface area contributed by atoms with Crippen LogP contribution in [0.3, 0.4) is 0 Å². The van der Waals surface area contributed by atoms with Gasteiger partial charge in [-0.3, -0.25) is 14.2 Å². The first-order valence-electron chi connectivity index (χ1n) is 12.5. The molecule has 5 rings (SSSR count). The van der Waals surface area contributed by atoms with Gasteiger partial charge < -0.3 is 4.90 Å². The SMILES string of the molecule is CC[C@@H](C)n1c(SCC(=O)N(CC)c2cccc3ccccc23)nc2sc3c(c2c1=O)CCCC3. The van der Waals surface area contributed by atoms with Crippen LogP contribution in [0, 0.1) is 0 Å². The zero-order chi connectivity index (χ0) is 24.5. The number of aromatic nitrogens is 2. The minimum atomic E-state index is 0.0179. The summed E-state index contributed by atoms with van der Waals surface area (Å²) in [6.45, 7) is 6.73. The van der Waals surface area contributed by atoms with Crippen molar-refractivity contribution < 1.29 is 4.79 Å². The average molecular weight is 506 g/mol. The summed E-state index contributed by atoms with van der Waals surface area (Å²) in [5.41, 5.74) is 2.19. The first-order valence-corrected chi connectivity index (χ1v) is 14.3. The summed E-state index contributed by atoms with van der Waals surface area (Å²) < 4.78 is 1.83. The van der Waals surface area contributed by atoms with Crippen molar-refractivity contribution in [2.24, 2.45) is 0 Å². The highest BCUT2D eigenvalue weighted by Crippen LogP contribution is 2.35. The molecule has 7 heteroatoms. The molecule has 0 N–H and O–H groups in total. The molecule has 2 aromatic carbocycles. The molecular weight excluding hydrogens is 474 g/mol. The Morgan fingerprint density at radius 2 is 1.91 bits per heavy atom. The van der Waals surface area contributed by atoms with E-state index in [0.29, 0.717) is 11.7 Å². The summed E-state index contributed by atoms with van der Waals surface area (Å²) in [5.74, 6) is 0.251. The van der Waals surface area contributed by atoms with Crippen LogP contribution >= 0.6 is 23.1 Å². The average Bonchev–Trinajstić information content (AvgIpc) is 3.26. The van der Waals surface area contributed by atoms with Crippen LogP contribution < -0.4 is 10.5 Å². The number of hydrogen-bond donors (Lipinski definition) is 0. The van der Waals surface area contributed by atoms with Crippen LogP contribution in [-0.4, -0.2) is 27.8 Å². The Bertz CT molecular complexity index is 1450. The lowest BCUT2D eigenvalue weighted by Crippen LogP contribution is -2.33. The van der Waals surface area contributed by atoms with Gasteiger partial charge in [0.25, 0.3) is 5.56 Å². The number of hydrogen-bond acceptors (Lipinski definition) is 5. The summed E-state index contributed by atoms with van der Waals surface area (Å²) in [5, 5.41) is 3.64. The maximum Gasteiger partial charge on any atom is 0.263 e. The summed E-state index contributed by atoms with van der Waals surface area (Å²) in [4.78, 5) is 36.1. The predicted octanol–water partition coefficient (Wildman–Crippen LogP) is 6.61. The molecule has 0 fully saturated rings. The maximum atomic E-state index is 13.7. The monoisotopic (exact) mass is 505 g/mol. The van der Waals surface area contributed by atoms with Crippen LogP contribution in [0.1, 0.15) is 56.5 Å². The van der Waals surface area contributed by atoms with Crippen molar-refractivity contribution in [3.8, 4) is 0 Å². The van der Waals surface area contributed by atoms with E-state index in [2.05, 4.69) is 32.0 Å². The van der Waals surface area contributed by atoms with Gasteiger partial charge in [0.2, 0.25) is 5.91 Å². The van der Waals surface area contributed by atoms with Crippen molar-refractivity contribution in [3.63, 3.8) is 0 Å². The number of carbonyl (C=O) groups excluding carboxylic acids is 1. The van der Waals surface area contributed by atoms with Gasteiger partial charge in [-0.05, 0) is 63.0 Å². The molecule has 2 aromatic heterocycles. The molecule has 0 aliphatic heterocycles. The van der Waals surface area contributed by atoms with E-state index in [1.54, 1.807) is 11.3 Å². The number of thioether (sulfide) groups is 1. The molecule has 0 spiro atoms. The fraction of sp³-hybridized carbons (Fsp3) is 0.393. The second kappa shape index (κ2) is 10.2. The van der Waals surface area contributed by atoms with E-state index in [0.717, 1.165) is 52.4 Å². The zero-order valence-electron chi connectivity index (χ0n) is 20.5. The Labute approximate surface area is 214 Å². The zero-order valence-corrected chi connectivity index (χ0v) is 22.2. The quantitative estimate of drug-likeness (QED) is 0.210. The molecule has 1 amide bonds. The highest BCUT2D eigenvalue weighted by molar-refractivity contribution is 7.99. The van der Waals surface area contributed by atoms with Gasteiger partial charge in [0.05, 0.1) is 16.8 Å². The van der Waals surface area contributed by atoms with Gasteiger partial charge in [0.1, 0.15) is 4.83 Å². The molecule has 182 valence electrons. The van der Waals surface area contributed by atoms with E-state index in [-0.39, 0.29) is 23.3 Å². The lowest BCUT2D eigenvalue weighted by molar-refractivity contribution is -0.116. The Kier molecular flexibility index (Phi) is 6.98. The first-order chi connectivity index (χ1) is 17.0. The number of anilines is 1. The third-order valence-electron chi connectivity index (χ3n) is 7.02. The highest BCUT2D eigenvalue weighted by atomic mass is 32.2. The third kappa shape index (κ3) is 4.40. The molecule has 0 saturated carbocycles. The van der Waals surface area contributed by atoms with Gasteiger partial charge in [0, 0.05) is 22.8 Å². The first kappa shape index (κ1) is 24.1. The smallest absolute Gasteiger partial charge is 0.263 e.